The van der Waals surface area contributed by atoms with Crippen molar-refractivity contribution in [3.05, 3.63) is 60.4 Å². The molecule has 2 aromatic carbocycles. The molecule has 2 aromatic heterocycles. The van der Waals surface area contributed by atoms with E-state index in [2.05, 4.69) is 20.5 Å². The van der Waals surface area contributed by atoms with Crippen molar-refractivity contribution in [1.29, 1.82) is 0 Å². The number of rotatable bonds is 6. The lowest BCUT2D eigenvalue weighted by Gasteiger charge is -2.08. The zero-order chi connectivity index (χ0) is 20.2. The summed E-state index contributed by atoms with van der Waals surface area (Å²) >= 11 is 1.36. The number of nitrogens with one attached hydrogen (secondary N) is 1. The quantitative estimate of drug-likeness (QED) is 0.319. The Morgan fingerprint density at radius 2 is 2.00 bits per heavy atom. The third kappa shape index (κ3) is 3.83. The Labute approximate surface area is 171 Å². The third-order valence-electron chi connectivity index (χ3n) is 4.13. The Morgan fingerprint density at radius 1 is 1.14 bits per heavy atom. The number of anilines is 1. The Kier molecular flexibility index (Phi) is 5.26. The highest BCUT2D eigenvalue weighted by Crippen LogP contribution is 2.47. The van der Waals surface area contributed by atoms with Gasteiger partial charge in [-0.2, -0.15) is 5.10 Å². The zero-order valence-electron chi connectivity index (χ0n) is 15.5. The fourth-order valence-electron chi connectivity index (χ4n) is 2.87. The lowest BCUT2D eigenvalue weighted by Crippen LogP contribution is -1.94. The number of thiophene rings is 1. The molecular weight excluding hydrogens is 388 g/mol. The SMILES string of the molecule is CCOc1ccccc1-c1sc2c(N/N=C/c3cccc(O)c3)ncnc2c1O. The minimum absolute atomic E-state index is 0.0829. The molecule has 0 amide bonds. The first-order valence-corrected chi connectivity index (χ1v) is 9.75. The number of phenols is 1. The largest absolute Gasteiger partial charge is 0.508 e. The van der Waals surface area contributed by atoms with E-state index in [0.717, 1.165) is 11.1 Å². The van der Waals surface area contributed by atoms with Crippen LogP contribution in [0.5, 0.6) is 17.2 Å². The standard InChI is InChI=1S/C21H18N4O3S/c1-2-28-16-9-4-3-8-15(16)19-18(27)17-20(29-19)21(23-12-22-17)25-24-11-13-6-5-7-14(26)10-13/h3-12,26-27H,2H2,1H3,(H,22,23,25)/b24-11+. The molecule has 0 spiro atoms. The number of fused-ring (bicyclic) bond motifs is 1. The molecule has 0 aliphatic heterocycles. The first-order chi connectivity index (χ1) is 14.2. The summed E-state index contributed by atoms with van der Waals surface area (Å²) < 4.78 is 6.38. The Hall–Kier alpha value is -3.65. The van der Waals surface area contributed by atoms with Gasteiger partial charge in [-0.15, -0.1) is 11.3 Å². The molecular formula is C21H18N4O3S. The van der Waals surface area contributed by atoms with Crippen LogP contribution >= 0.6 is 11.3 Å². The van der Waals surface area contributed by atoms with Crippen LogP contribution in [-0.2, 0) is 0 Å². The van der Waals surface area contributed by atoms with Crippen LogP contribution in [0.4, 0.5) is 5.82 Å². The second-order valence-corrected chi connectivity index (χ2v) is 7.09. The highest BCUT2D eigenvalue weighted by Gasteiger charge is 2.19. The van der Waals surface area contributed by atoms with Gasteiger partial charge in [0.05, 0.1) is 17.7 Å². The number of aromatic nitrogens is 2. The van der Waals surface area contributed by atoms with Crippen molar-refractivity contribution in [2.45, 2.75) is 6.92 Å². The van der Waals surface area contributed by atoms with Crippen molar-refractivity contribution in [3.8, 4) is 27.7 Å². The maximum absolute atomic E-state index is 10.8. The fraction of sp³-hybridized carbons (Fsp3) is 0.0952. The smallest absolute Gasteiger partial charge is 0.167 e. The van der Waals surface area contributed by atoms with Gasteiger partial charge in [0.15, 0.2) is 11.6 Å². The van der Waals surface area contributed by atoms with E-state index in [-0.39, 0.29) is 11.5 Å². The van der Waals surface area contributed by atoms with Crippen LogP contribution in [0.3, 0.4) is 0 Å². The minimum atomic E-state index is 0.0829. The summed E-state index contributed by atoms with van der Waals surface area (Å²) in [5.41, 5.74) is 4.87. The van der Waals surface area contributed by atoms with Gasteiger partial charge in [0, 0.05) is 5.56 Å². The van der Waals surface area contributed by atoms with Crippen LogP contribution in [0.1, 0.15) is 12.5 Å². The topological polar surface area (TPSA) is 99.9 Å². The van der Waals surface area contributed by atoms with Crippen LogP contribution in [0.15, 0.2) is 60.0 Å². The molecule has 3 N–H and O–H groups in total. The molecule has 146 valence electrons. The predicted octanol–water partition coefficient (Wildman–Crippen LogP) is 4.61. The van der Waals surface area contributed by atoms with E-state index in [1.807, 2.05) is 37.3 Å². The zero-order valence-corrected chi connectivity index (χ0v) is 16.3. The van der Waals surface area contributed by atoms with E-state index in [1.165, 1.54) is 17.7 Å². The first kappa shape index (κ1) is 18.7. The van der Waals surface area contributed by atoms with Crippen molar-refractivity contribution in [2.75, 3.05) is 12.0 Å². The van der Waals surface area contributed by atoms with Crippen LogP contribution in [0.25, 0.3) is 20.7 Å². The van der Waals surface area contributed by atoms with Crippen molar-refractivity contribution < 1.29 is 14.9 Å². The number of hydrazone groups is 1. The number of hydrogen-bond donors (Lipinski definition) is 3. The summed E-state index contributed by atoms with van der Waals surface area (Å²) in [6.07, 6.45) is 2.95. The van der Waals surface area contributed by atoms with Crippen molar-refractivity contribution >= 4 is 33.6 Å². The van der Waals surface area contributed by atoms with Gasteiger partial charge in [-0.05, 0) is 36.8 Å². The van der Waals surface area contributed by atoms with Gasteiger partial charge in [0.1, 0.15) is 28.0 Å². The Bertz CT molecular complexity index is 1190. The Balaban J connectivity index is 1.70. The fourth-order valence-corrected chi connectivity index (χ4v) is 3.99. The molecule has 4 rings (SSSR count). The number of ether oxygens (including phenoxy) is 1. The van der Waals surface area contributed by atoms with Crippen molar-refractivity contribution in [3.63, 3.8) is 0 Å². The highest BCUT2D eigenvalue weighted by atomic mass is 32.1. The summed E-state index contributed by atoms with van der Waals surface area (Å²) in [6, 6.07) is 14.3. The van der Waals surface area contributed by atoms with Gasteiger partial charge in [-0.25, -0.2) is 9.97 Å². The molecule has 0 saturated carbocycles. The molecule has 7 nitrogen and oxygen atoms in total. The number of hydrogen-bond acceptors (Lipinski definition) is 8. The third-order valence-corrected chi connectivity index (χ3v) is 5.34. The molecule has 0 saturated heterocycles. The number of phenolic OH excluding ortho intramolecular Hbond substituents is 1. The molecule has 0 aliphatic rings. The molecule has 0 aliphatic carbocycles. The predicted molar refractivity (Wildman–Crippen MR) is 115 cm³/mol. The second-order valence-electron chi connectivity index (χ2n) is 6.07. The van der Waals surface area contributed by atoms with Gasteiger partial charge in [-0.3, -0.25) is 5.43 Å². The lowest BCUT2D eigenvalue weighted by molar-refractivity contribution is 0.341. The maximum atomic E-state index is 10.8. The highest BCUT2D eigenvalue weighted by molar-refractivity contribution is 7.23. The Morgan fingerprint density at radius 3 is 2.83 bits per heavy atom. The molecule has 0 radical (unpaired) electrons. The van der Waals surface area contributed by atoms with Gasteiger partial charge >= 0.3 is 0 Å². The van der Waals surface area contributed by atoms with E-state index < -0.39 is 0 Å². The average molecular weight is 406 g/mol. The van der Waals surface area contributed by atoms with Crippen LogP contribution in [0.2, 0.25) is 0 Å². The van der Waals surface area contributed by atoms with Gasteiger partial charge in [0.2, 0.25) is 0 Å². The average Bonchev–Trinajstić information content (AvgIpc) is 3.06. The molecule has 0 bridgehead atoms. The number of aromatic hydroxyl groups is 2. The minimum Gasteiger partial charge on any atom is -0.508 e. The van der Waals surface area contributed by atoms with Crippen LogP contribution in [0, 0.1) is 0 Å². The molecule has 2 heterocycles. The van der Waals surface area contributed by atoms with E-state index >= 15 is 0 Å². The maximum Gasteiger partial charge on any atom is 0.167 e. The molecule has 4 aromatic rings. The summed E-state index contributed by atoms with van der Waals surface area (Å²) in [5.74, 6) is 1.42. The van der Waals surface area contributed by atoms with Crippen LogP contribution < -0.4 is 10.2 Å². The molecule has 29 heavy (non-hydrogen) atoms. The molecule has 0 unspecified atom stereocenters. The lowest BCUT2D eigenvalue weighted by atomic mass is 10.1. The van der Waals surface area contributed by atoms with E-state index in [4.69, 9.17) is 4.74 Å². The van der Waals surface area contributed by atoms with Crippen molar-refractivity contribution in [1.82, 2.24) is 9.97 Å². The molecule has 8 heteroatoms. The van der Waals surface area contributed by atoms with Crippen LogP contribution in [-0.4, -0.2) is 33.0 Å². The second kappa shape index (κ2) is 8.15. The van der Waals surface area contributed by atoms with E-state index in [1.54, 1.807) is 24.4 Å². The van der Waals surface area contributed by atoms with Gasteiger partial charge in [0.25, 0.3) is 0 Å². The summed E-state index contributed by atoms with van der Waals surface area (Å²) in [6.45, 7) is 2.44. The number of benzene rings is 2. The van der Waals surface area contributed by atoms with Gasteiger partial charge in [-0.1, -0.05) is 24.3 Å². The summed E-state index contributed by atoms with van der Waals surface area (Å²) in [7, 11) is 0. The first-order valence-electron chi connectivity index (χ1n) is 8.94. The molecule has 0 atom stereocenters. The monoisotopic (exact) mass is 406 g/mol. The van der Waals surface area contributed by atoms with Gasteiger partial charge < -0.3 is 14.9 Å². The van der Waals surface area contributed by atoms with E-state index in [0.29, 0.717) is 33.3 Å². The number of nitrogens with zero attached hydrogens (tertiary/aromatic N) is 3. The molecule has 0 fully saturated rings. The number of para-hydroxylation sites is 1. The summed E-state index contributed by atoms with van der Waals surface area (Å²) in [4.78, 5) is 9.13. The van der Waals surface area contributed by atoms with Crippen molar-refractivity contribution in [2.24, 2.45) is 5.10 Å². The van der Waals surface area contributed by atoms with E-state index in [9.17, 15) is 10.2 Å². The summed E-state index contributed by atoms with van der Waals surface area (Å²) in [5, 5.41) is 24.5. The normalized spacial score (nSPS) is 11.2.